The van der Waals surface area contributed by atoms with Crippen molar-refractivity contribution in [2.75, 3.05) is 0 Å². The van der Waals surface area contributed by atoms with Crippen molar-refractivity contribution >= 4 is 6.47 Å². The summed E-state index contributed by atoms with van der Waals surface area (Å²) in [5.74, 6) is 0. The largest absolute Gasteiger partial charge is 0.330 e. The van der Waals surface area contributed by atoms with Gasteiger partial charge in [0, 0.05) is 17.4 Å². The fourth-order valence-corrected chi connectivity index (χ4v) is 0. The summed E-state index contributed by atoms with van der Waals surface area (Å²) in [7, 11) is 0. The van der Waals surface area contributed by atoms with Crippen LogP contribution in [-0.4, -0.2) is 11.7 Å². The van der Waals surface area contributed by atoms with E-state index in [0.29, 0.717) is 0 Å². The summed E-state index contributed by atoms with van der Waals surface area (Å²) in [5.41, 5.74) is 0. The van der Waals surface area contributed by atoms with Crippen LogP contribution in [0.2, 0.25) is 0 Å². The first-order chi connectivity index (χ1) is 1.91. The molecule has 0 fully saturated rings. The molecule has 0 rings (SSSR count). The maximum Gasteiger partial charge on any atom is 0.330 e. The monoisotopic (exact) mass is 114 g/mol. The van der Waals surface area contributed by atoms with Crippen LogP contribution in [0.15, 0.2) is 0 Å². The minimum atomic E-state index is -0.0694. The van der Waals surface area contributed by atoms with E-state index in [1.165, 1.54) is 0 Å². The normalized spacial score (nSPS) is 4.20. The summed E-state index contributed by atoms with van der Waals surface area (Å²) in [5, 5.41) is 7.01. The third-order valence-corrected chi connectivity index (χ3v) is 0.0430. The molecule has 0 radical (unpaired) electrons. The molecule has 0 aromatic heterocycles. The van der Waals surface area contributed by atoms with E-state index in [0.717, 1.165) is 0 Å². The molecule has 0 saturated carbocycles. The second kappa shape index (κ2) is 9.03. The Bertz CT molecular complexity index is 20.9. The summed E-state index contributed by atoms with van der Waals surface area (Å²) < 4.78 is 0. The Hall–Kier alpha value is -0.0375. The fourth-order valence-electron chi connectivity index (χ4n) is 0. The zero-order valence-electron chi connectivity index (χ0n) is 2.25. The van der Waals surface area contributed by atoms with Gasteiger partial charge in [0.15, 0.2) is 0 Å². The molecule has 0 heterocycles. The second-order valence-corrected chi connectivity index (χ2v) is 0.202. The van der Waals surface area contributed by atoms with Crippen LogP contribution in [-0.2, 0) is 27.0 Å². The number of hydrogen-bond acceptors (Lipinski definition) is 3. The molecule has 0 atom stereocenters. The van der Waals surface area contributed by atoms with Gasteiger partial charge in [0.2, 0.25) is 0 Å². The quantitative estimate of drug-likeness (QED) is 0.287. The van der Waals surface area contributed by atoms with Crippen LogP contribution in [0.1, 0.15) is 0 Å². The molecule has 0 aliphatic carbocycles. The Kier molecular flexibility index (Phi) is 16.0. The third kappa shape index (κ3) is 16.5. The van der Waals surface area contributed by atoms with Crippen LogP contribution in [0, 0.1) is 0 Å². The van der Waals surface area contributed by atoms with E-state index in [-0.39, 0.29) is 23.8 Å². The average molecular weight is 114 g/mol. The predicted octanol–water partition coefficient (Wildman–Crippen LogP) is -0.370. The molecule has 3 nitrogen and oxygen atoms in total. The van der Waals surface area contributed by atoms with Crippen molar-refractivity contribution in [3.05, 3.63) is 0 Å². The Morgan fingerprint density at radius 2 is 2.00 bits per heavy atom. The van der Waals surface area contributed by atoms with Crippen LogP contribution < -0.4 is 0 Å². The van der Waals surface area contributed by atoms with Gasteiger partial charge in [0.1, 0.15) is 0 Å². The molecule has 0 amide bonds. The average Bonchev–Trinajstić information content (AvgIpc) is 1.37. The van der Waals surface area contributed by atoms with E-state index in [1.807, 2.05) is 0 Å². The van der Waals surface area contributed by atoms with Crippen LogP contribution in [0.25, 0.3) is 0 Å². The smallest absolute Gasteiger partial charge is 0.304 e. The zero-order chi connectivity index (χ0) is 3.41. The molecule has 30 valence electrons. The first kappa shape index (κ1) is 8.88. The van der Waals surface area contributed by atoms with Crippen molar-refractivity contribution in [2.45, 2.75) is 0 Å². The molecule has 0 spiro atoms. The number of carbonyl (C=O) groups is 1. The van der Waals surface area contributed by atoms with Crippen LogP contribution in [0.5, 0.6) is 0 Å². The van der Waals surface area contributed by atoms with Gasteiger partial charge in [-0.25, -0.2) is 5.26 Å². The van der Waals surface area contributed by atoms with Gasteiger partial charge in [-0.3, -0.25) is 4.79 Å². The van der Waals surface area contributed by atoms with Crippen LogP contribution in [0.3, 0.4) is 0 Å². The van der Waals surface area contributed by atoms with Gasteiger partial charge in [-0.2, -0.15) is 0 Å². The summed E-state index contributed by atoms with van der Waals surface area (Å²) >= 11 is 0. The van der Waals surface area contributed by atoms with E-state index in [9.17, 15) is 0 Å². The molecule has 0 bridgehead atoms. The van der Waals surface area contributed by atoms with E-state index in [1.54, 1.807) is 0 Å². The van der Waals surface area contributed by atoms with Gasteiger partial charge < -0.3 is 4.89 Å². The van der Waals surface area contributed by atoms with Gasteiger partial charge in [-0.15, -0.1) is 0 Å². The van der Waals surface area contributed by atoms with E-state index < -0.39 is 0 Å². The number of carbonyl (C=O) groups excluding carboxylic acids is 1. The number of rotatable bonds is 1. The number of hydrogen-bond donors (Lipinski definition) is 1. The molecule has 0 aromatic rings. The molecule has 5 heavy (non-hydrogen) atoms. The molecule has 4 heteroatoms. The van der Waals surface area contributed by atoms with Gasteiger partial charge >= 0.3 is 6.47 Å². The standard InChI is InChI=1S/CH2O3.Cr/c2-1-4-3;/h1,3H;. The van der Waals surface area contributed by atoms with Crippen molar-refractivity contribution in [1.29, 1.82) is 0 Å². The SMILES string of the molecule is O=COO.[Cr]. The van der Waals surface area contributed by atoms with E-state index in [2.05, 4.69) is 4.89 Å². The Morgan fingerprint density at radius 3 is 2.00 bits per heavy atom. The Balaban J connectivity index is 0. The maximum atomic E-state index is 8.70. The van der Waals surface area contributed by atoms with Crippen molar-refractivity contribution < 1.29 is 32.3 Å². The summed E-state index contributed by atoms with van der Waals surface area (Å²) in [6, 6.07) is 0. The maximum absolute atomic E-state index is 8.70. The molecule has 0 aliphatic heterocycles. The minimum Gasteiger partial charge on any atom is -0.304 e. The topological polar surface area (TPSA) is 46.5 Å². The molecule has 0 aliphatic rings. The molecule has 1 N–H and O–H groups in total. The summed E-state index contributed by atoms with van der Waals surface area (Å²) in [4.78, 5) is 11.6. The minimum absolute atomic E-state index is 0. The fraction of sp³-hybridized carbons (Fsp3) is 0. The second-order valence-electron chi connectivity index (χ2n) is 0.202. The van der Waals surface area contributed by atoms with E-state index >= 15 is 0 Å². The molecule has 0 unspecified atom stereocenters. The molecular formula is CH2CrO3. The zero-order valence-corrected chi connectivity index (χ0v) is 3.52. The molecule has 0 aromatic carbocycles. The third-order valence-electron chi connectivity index (χ3n) is 0.0430. The first-order valence-electron chi connectivity index (χ1n) is 0.654. The molecular weight excluding hydrogens is 112 g/mol. The summed E-state index contributed by atoms with van der Waals surface area (Å²) in [6.45, 7) is -0.0694. The van der Waals surface area contributed by atoms with Crippen molar-refractivity contribution in [2.24, 2.45) is 0 Å². The predicted molar refractivity (Wildman–Crippen MR) is 9.78 cm³/mol. The Morgan fingerprint density at radius 1 is 1.80 bits per heavy atom. The molecule has 0 saturated heterocycles. The van der Waals surface area contributed by atoms with Crippen molar-refractivity contribution in [3.63, 3.8) is 0 Å². The van der Waals surface area contributed by atoms with Gasteiger partial charge in [-0.1, -0.05) is 0 Å². The van der Waals surface area contributed by atoms with Crippen LogP contribution >= 0.6 is 0 Å². The van der Waals surface area contributed by atoms with Crippen molar-refractivity contribution in [3.8, 4) is 0 Å². The first-order valence-corrected chi connectivity index (χ1v) is 0.654. The van der Waals surface area contributed by atoms with Gasteiger partial charge in [-0.05, 0) is 0 Å². The van der Waals surface area contributed by atoms with Gasteiger partial charge in [0.05, 0.1) is 0 Å². The summed E-state index contributed by atoms with van der Waals surface area (Å²) in [6.07, 6.45) is 0. The van der Waals surface area contributed by atoms with E-state index in [4.69, 9.17) is 10.1 Å². The Labute approximate surface area is 39.6 Å². The van der Waals surface area contributed by atoms with Crippen molar-refractivity contribution in [1.82, 2.24) is 0 Å². The van der Waals surface area contributed by atoms with Gasteiger partial charge in [0.25, 0.3) is 0 Å². The van der Waals surface area contributed by atoms with Crippen LogP contribution in [0.4, 0.5) is 0 Å².